The quantitative estimate of drug-likeness (QED) is 0.513. The molecule has 2 N–H and O–H groups in total. The predicted octanol–water partition coefficient (Wildman–Crippen LogP) is 2.92. The second kappa shape index (κ2) is 10.2. The molecular weight excluding hydrogens is 452 g/mol. The number of carbonyl (C=O) groups excluding carboxylic acids is 1. The van der Waals surface area contributed by atoms with Gasteiger partial charge in [0.1, 0.15) is 5.75 Å². The van der Waals surface area contributed by atoms with Gasteiger partial charge in [0.15, 0.2) is 0 Å². The molecule has 182 valence electrons. The van der Waals surface area contributed by atoms with E-state index < -0.39 is 10.0 Å². The number of likely N-dealkylation sites (tertiary alicyclic amines) is 1. The van der Waals surface area contributed by atoms with E-state index in [1.54, 1.807) is 31.4 Å². The lowest BCUT2D eigenvalue weighted by molar-refractivity contribution is -0.122. The van der Waals surface area contributed by atoms with Gasteiger partial charge in [0.05, 0.1) is 18.6 Å². The van der Waals surface area contributed by atoms with Crippen molar-refractivity contribution in [3.05, 3.63) is 59.8 Å². The third-order valence-corrected chi connectivity index (χ3v) is 8.44. The Morgan fingerprint density at radius 1 is 1.18 bits per heavy atom. The fourth-order valence-electron chi connectivity index (χ4n) is 4.54. The normalized spacial score (nSPS) is 15.6. The summed E-state index contributed by atoms with van der Waals surface area (Å²) in [6, 6.07) is 12.9. The zero-order valence-electron chi connectivity index (χ0n) is 19.9. The lowest BCUT2D eigenvalue weighted by Gasteiger charge is -2.31. The summed E-state index contributed by atoms with van der Waals surface area (Å²) in [5.41, 5.74) is 2.99. The van der Waals surface area contributed by atoms with Gasteiger partial charge in [0.25, 0.3) is 0 Å². The molecule has 1 aromatic heterocycles. The van der Waals surface area contributed by atoms with Crippen molar-refractivity contribution in [1.29, 1.82) is 0 Å². The Kier molecular flexibility index (Phi) is 7.25. The minimum Gasteiger partial charge on any atom is -0.497 e. The average molecular weight is 485 g/mol. The number of nitrogens with one attached hydrogen (secondary N) is 2. The number of hydrogen-bond acceptors (Lipinski definition) is 5. The Balaban J connectivity index is 1.32. The highest BCUT2D eigenvalue weighted by molar-refractivity contribution is 7.89. The molecule has 9 heteroatoms. The van der Waals surface area contributed by atoms with Crippen molar-refractivity contribution >= 4 is 26.8 Å². The number of rotatable bonds is 8. The molecule has 0 bridgehead atoms. The zero-order valence-corrected chi connectivity index (χ0v) is 20.7. The molecule has 2 heterocycles. The van der Waals surface area contributed by atoms with Crippen LogP contribution >= 0.6 is 0 Å². The van der Waals surface area contributed by atoms with Crippen molar-refractivity contribution in [2.45, 2.75) is 30.2 Å². The first-order valence-electron chi connectivity index (χ1n) is 11.4. The van der Waals surface area contributed by atoms with Crippen molar-refractivity contribution in [3.8, 4) is 5.75 Å². The zero-order chi connectivity index (χ0) is 24.3. The number of aromatic amines is 1. The average Bonchev–Trinajstić information content (AvgIpc) is 3.26. The number of amides is 1. The monoisotopic (exact) mass is 484 g/mol. The van der Waals surface area contributed by atoms with Crippen molar-refractivity contribution in [3.63, 3.8) is 0 Å². The van der Waals surface area contributed by atoms with Crippen LogP contribution in [0.25, 0.3) is 10.9 Å². The van der Waals surface area contributed by atoms with E-state index in [1.165, 1.54) is 29.4 Å². The first kappa shape index (κ1) is 24.3. The highest BCUT2D eigenvalue weighted by atomic mass is 32.2. The summed E-state index contributed by atoms with van der Waals surface area (Å²) in [4.78, 5) is 18.3. The Morgan fingerprint density at radius 3 is 2.62 bits per heavy atom. The van der Waals surface area contributed by atoms with E-state index >= 15 is 0 Å². The maximum absolute atomic E-state index is 12.6. The van der Waals surface area contributed by atoms with Crippen LogP contribution < -0.4 is 10.1 Å². The molecule has 1 saturated heterocycles. The molecule has 3 aromatic rings. The maximum Gasteiger partial charge on any atom is 0.242 e. The van der Waals surface area contributed by atoms with Crippen LogP contribution in [0.2, 0.25) is 0 Å². The van der Waals surface area contributed by atoms with Gasteiger partial charge in [-0.05, 0) is 67.2 Å². The Hall–Kier alpha value is -2.88. The number of fused-ring (bicyclic) bond motifs is 1. The highest BCUT2D eigenvalue weighted by Crippen LogP contribution is 2.34. The molecule has 0 atom stereocenters. The van der Waals surface area contributed by atoms with Crippen molar-refractivity contribution < 1.29 is 17.9 Å². The van der Waals surface area contributed by atoms with Gasteiger partial charge in [-0.15, -0.1) is 0 Å². The van der Waals surface area contributed by atoms with Crippen LogP contribution in [0.3, 0.4) is 0 Å². The van der Waals surface area contributed by atoms with Gasteiger partial charge >= 0.3 is 0 Å². The topological polar surface area (TPSA) is 94.7 Å². The van der Waals surface area contributed by atoms with E-state index in [4.69, 9.17) is 4.74 Å². The van der Waals surface area contributed by atoms with Crippen LogP contribution in [-0.4, -0.2) is 69.4 Å². The maximum atomic E-state index is 12.6. The molecule has 1 aliphatic heterocycles. The molecule has 0 saturated carbocycles. The first-order valence-corrected chi connectivity index (χ1v) is 12.9. The second-order valence-corrected chi connectivity index (χ2v) is 11.0. The first-order chi connectivity index (χ1) is 16.3. The number of benzene rings is 2. The number of hydrogen-bond donors (Lipinski definition) is 2. The minimum atomic E-state index is -3.57. The Morgan fingerprint density at radius 2 is 1.91 bits per heavy atom. The number of carbonyl (C=O) groups is 1. The highest BCUT2D eigenvalue weighted by Gasteiger charge is 2.25. The summed E-state index contributed by atoms with van der Waals surface area (Å²) < 4.78 is 31.7. The number of nitrogens with zero attached hydrogens (tertiary/aromatic N) is 2. The van der Waals surface area contributed by atoms with Gasteiger partial charge in [-0.3, -0.25) is 9.69 Å². The molecule has 0 radical (unpaired) electrons. The van der Waals surface area contributed by atoms with Crippen LogP contribution in [0, 0.1) is 0 Å². The van der Waals surface area contributed by atoms with Gasteiger partial charge in [0, 0.05) is 37.7 Å². The third kappa shape index (κ3) is 5.11. The molecule has 2 aromatic carbocycles. The molecular formula is C25H32N4O4S. The second-order valence-electron chi connectivity index (χ2n) is 8.88. The number of ether oxygens (including phenoxy) is 1. The van der Waals surface area contributed by atoms with Gasteiger partial charge in [0.2, 0.25) is 15.9 Å². The molecule has 0 spiro atoms. The number of sulfonamides is 1. The summed E-state index contributed by atoms with van der Waals surface area (Å²) in [5, 5.41) is 4.09. The molecule has 8 nitrogen and oxygen atoms in total. The van der Waals surface area contributed by atoms with E-state index in [0.29, 0.717) is 18.0 Å². The van der Waals surface area contributed by atoms with E-state index in [1.807, 2.05) is 12.1 Å². The summed E-state index contributed by atoms with van der Waals surface area (Å²) in [7, 11) is 1.11. The fraction of sp³-hybridized carbons (Fsp3) is 0.400. The summed E-state index contributed by atoms with van der Waals surface area (Å²) in [6.45, 7) is 2.15. The Bertz CT molecular complexity index is 1260. The lowest BCUT2D eigenvalue weighted by Crippen LogP contribution is -2.41. The van der Waals surface area contributed by atoms with E-state index in [-0.39, 0.29) is 17.3 Å². The summed E-state index contributed by atoms with van der Waals surface area (Å²) in [6.07, 6.45) is 4.04. The van der Waals surface area contributed by atoms with Crippen LogP contribution in [0.1, 0.15) is 29.9 Å². The smallest absolute Gasteiger partial charge is 0.242 e. The van der Waals surface area contributed by atoms with Gasteiger partial charge in [-0.2, -0.15) is 0 Å². The van der Waals surface area contributed by atoms with Crippen LogP contribution in [-0.2, 0) is 21.4 Å². The number of piperidine rings is 1. The van der Waals surface area contributed by atoms with Crippen molar-refractivity contribution in [1.82, 2.24) is 19.5 Å². The van der Waals surface area contributed by atoms with Crippen molar-refractivity contribution in [2.75, 3.05) is 40.8 Å². The third-order valence-electron chi connectivity index (χ3n) is 6.52. The van der Waals surface area contributed by atoms with Gasteiger partial charge in [-0.25, -0.2) is 12.7 Å². The Labute approximate surface area is 200 Å². The standard InChI is InChI=1S/C25H32N4O4S/c1-28(2)34(31,32)24-7-5-4-6-19(24)15-27-25(30)17-29-12-10-18(11-13-29)22-16-26-23-9-8-20(33-3)14-21(22)23/h4-9,14,16,18,26H,10-13,15,17H2,1-3H3,(H,27,30). The number of aromatic nitrogens is 1. The summed E-state index contributed by atoms with van der Waals surface area (Å²) >= 11 is 0. The van der Waals surface area contributed by atoms with Crippen LogP contribution in [0.5, 0.6) is 5.75 Å². The number of H-pyrrole nitrogens is 1. The summed E-state index contributed by atoms with van der Waals surface area (Å²) in [5.74, 6) is 1.18. The molecule has 1 fully saturated rings. The molecule has 0 unspecified atom stereocenters. The fourth-order valence-corrected chi connectivity index (χ4v) is 5.65. The largest absolute Gasteiger partial charge is 0.497 e. The molecule has 34 heavy (non-hydrogen) atoms. The van der Waals surface area contributed by atoms with Gasteiger partial charge < -0.3 is 15.0 Å². The minimum absolute atomic E-state index is 0.104. The van der Waals surface area contributed by atoms with Gasteiger partial charge in [-0.1, -0.05) is 18.2 Å². The molecule has 1 amide bonds. The molecule has 4 rings (SSSR count). The number of methoxy groups -OCH3 is 1. The van der Waals surface area contributed by atoms with E-state index in [0.717, 1.165) is 37.2 Å². The van der Waals surface area contributed by atoms with E-state index in [9.17, 15) is 13.2 Å². The molecule has 1 aliphatic rings. The van der Waals surface area contributed by atoms with Crippen molar-refractivity contribution in [2.24, 2.45) is 0 Å². The van der Waals surface area contributed by atoms with Crippen LogP contribution in [0.4, 0.5) is 0 Å². The van der Waals surface area contributed by atoms with Crippen LogP contribution in [0.15, 0.2) is 53.6 Å². The predicted molar refractivity (Wildman–Crippen MR) is 132 cm³/mol. The lowest BCUT2D eigenvalue weighted by atomic mass is 9.89. The SMILES string of the molecule is COc1ccc2[nH]cc(C3CCN(CC(=O)NCc4ccccc4S(=O)(=O)N(C)C)CC3)c2c1. The molecule has 0 aliphatic carbocycles. The van der Waals surface area contributed by atoms with E-state index in [2.05, 4.69) is 27.5 Å².